The lowest BCUT2D eigenvalue weighted by molar-refractivity contribution is 0.590. The van der Waals surface area contributed by atoms with E-state index < -0.39 is 0 Å². The summed E-state index contributed by atoms with van der Waals surface area (Å²) in [5.74, 6) is 0. The number of hydrogen-bond acceptors (Lipinski definition) is 3. The normalized spacial score (nSPS) is 13.2. The maximum Gasteiger partial charge on any atom is 0.0571 e. The minimum atomic E-state index is 0.204. The Hall–Kier alpha value is -1.32. The molecule has 0 aliphatic carbocycles. The molecule has 3 heteroatoms. The number of nitrogens with zero attached hydrogens (tertiary/aromatic N) is 1. The summed E-state index contributed by atoms with van der Waals surface area (Å²) in [5, 5.41) is 3.20. The highest BCUT2D eigenvalue weighted by molar-refractivity contribution is 7.99. The van der Waals surface area contributed by atoms with Gasteiger partial charge in [-0.1, -0.05) is 44.7 Å². The first-order valence-corrected chi connectivity index (χ1v) is 8.13. The predicted octanol–water partition coefficient (Wildman–Crippen LogP) is 4.81. The molecule has 0 saturated heterocycles. The minimum absolute atomic E-state index is 0.204. The van der Waals surface area contributed by atoms with E-state index in [4.69, 9.17) is 0 Å². The zero-order valence-corrected chi connectivity index (χ0v) is 14.3. The van der Waals surface area contributed by atoms with Crippen LogP contribution in [0.15, 0.2) is 52.4 Å². The van der Waals surface area contributed by atoms with E-state index in [0.29, 0.717) is 0 Å². The zero-order chi connectivity index (χ0) is 15.5. The van der Waals surface area contributed by atoms with Gasteiger partial charge in [0.1, 0.15) is 0 Å². The third-order valence-electron chi connectivity index (χ3n) is 3.59. The van der Waals surface area contributed by atoms with Gasteiger partial charge in [0.05, 0.1) is 5.69 Å². The number of aromatic nitrogens is 1. The summed E-state index contributed by atoms with van der Waals surface area (Å²) < 4.78 is 0. The molecule has 2 rings (SSSR count). The van der Waals surface area contributed by atoms with Crippen LogP contribution in [-0.2, 0) is 5.41 Å². The van der Waals surface area contributed by atoms with Gasteiger partial charge < -0.3 is 5.32 Å². The van der Waals surface area contributed by atoms with Gasteiger partial charge in [-0.05, 0) is 49.2 Å². The molecule has 21 heavy (non-hydrogen) atoms. The highest BCUT2D eigenvalue weighted by Crippen LogP contribution is 2.30. The van der Waals surface area contributed by atoms with Gasteiger partial charge in [0.25, 0.3) is 0 Å². The average Bonchev–Trinajstić information content (AvgIpc) is 2.47. The molecule has 0 saturated carbocycles. The van der Waals surface area contributed by atoms with Gasteiger partial charge in [0, 0.05) is 22.0 Å². The number of nitrogens with one attached hydrogen (secondary N) is 1. The maximum atomic E-state index is 4.52. The topological polar surface area (TPSA) is 24.9 Å². The Balaban J connectivity index is 2.08. The van der Waals surface area contributed by atoms with Crippen LogP contribution in [0.4, 0.5) is 0 Å². The molecule has 2 aromatic rings. The Morgan fingerprint density at radius 1 is 1.00 bits per heavy atom. The van der Waals surface area contributed by atoms with Crippen LogP contribution in [0.2, 0.25) is 0 Å². The predicted molar refractivity (Wildman–Crippen MR) is 91.0 cm³/mol. The molecule has 1 aromatic heterocycles. The van der Waals surface area contributed by atoms with Crippen LogP contribution in [0.5, 0.6) is 0 Å². The Morgan fingerprint density at radius 2 is 1.62 bits per heavy atom. The van der Waals surface area contributed by atoms with E-state index in [9.17, 15) is 0 Å². The Bertz CT molecular complexity index is 568. The summed E-state index contributed by atoms with van der Waals surface area (Å²) in [4.78, 5) is 6.94. The quantitative estimate of drug-likeness (QED) is 0.877. The van der Waals surface area contributed by atoms with Crippen LogP contribution in [0, 0.1) is 0 Å². The second-order valence-corrected chi connectivity index (χ2v) is 7.45. The molecule has 1 N–H and O–H groups in total. The number of pyridine rings is 1. The van der Waals surface area contributed by atoms with Crippen LogP contribution in [0.25, 0.3) is 0 Å². The van der Waals surface area contributed by atoms with Gasteiger partial charge in [-0.25, -0.2) is 0 Å². The number of rotatable bonds is 4. The van der Waals surface area contributed by atoms with Crippen LogP contribution in [-0.4, -0.2) is 12.0 Å². The molecular weight excluding hydrogens is 276 g/mol. The molecule has 1 unspecified atom stereocenters. The molecule has 0 fully saturated rings. The Kier molecular flexibility index (Phi) is 5.07. The van der Waals surface area contributed by atoms with Gasteiger partial charge >= 0.3 is 0 Å². The van der Waals surface area contributed by atoms with E-state index in [1.165, 1.54) is 15.4 Å². The highest BCUT2D eigenvalue weighted by Gasteiger charge is 2.13. The molecule has 0 amide bonds. The summed E-state index contributed by atoms with van der Waals surface area (Å²) >= 11 is 1.75. The summed E-state index contributed by atoms with van der Waals surface area (Å²) in [6.07, 6.45) is 1.95. The minimum Gasteiger partial charge on any atom is -0.312 e. The molecule has 1 aromatic carbocycles. The van der Waals surface area contributed by atoms with Crippen LogP contribution >= 0.6 is 11.8 Å². The fourth-order valence-electron chi connectivity index (χ4n) is 2.02. The summed E-state index contributed by atoms with van der Waals surface area (Å²) in [6, 6.07) is 13.3. The fourth-order valence-corrected chi connectivity index (χ4v) is 2.80. The van der Waals surface area contributed by atoms with Crippen LogP contribution < -0.4 is 5.32 Å². The molecular formula is C18H24N2S. The van der Waals surface area contributed by atoms with E-state index in [1.54, 1.807) is 11.8 Å². The van der Waals surface area contributed by atoms with Crippen molar-refractivity contribution in [2.45, 2.75) is 48.9 Å². The van der Waals surface area contributed by atoms with Crippen molar-refractivity contribution in [2.24, 2.45) is 0 Å². The standard InChI is InChI=1S/C18H24N2S/c1-13(19-5)17-11-10-16(12-20-17)21-15-8-6-14(7-9-15)18(2,3)4/h6-13,19H,1-5H3. The molecule has 2 nitrogen and oxygen atoms in total. The second kappa shape index (κ2) is 6.63. The van der Waals surface area contributed by atoms with Gasteiger partial charge in [0.2, 0.25) is 0 Å². The number of benzene rings is 1. The van der Waals surface area contributed by atoms with Crippen molar-refractivity contribution in [1.82, 2.24) is 10.3 Å². The van der Waals surface area contributed by atoms with Crippen molar-refractivity contribution in [2.75, 3.05) is 7.05 Å². The fraction of sp³-hybridized carbons (Fsp3) is 0.389. The van der Waals surface area contributed by atoms with Gasteiger partial charge in [-0.3, -0.25) is 4.98 Å². The molecule has 0 aliphatic heterocycles. The van der Waals surface area contributed by atoms with Crippen molar-refractivity contribution < 1.29 is 0 Å². The molecule has 1 atom stereocenters. The van der Waals surface area contributed by atoms with E-state index in [0.717, 1.165) is 5.69 Å². The lowest BCUT2D eigenvalue weighted by Crippen LogP contribution is -2.13. The van der Waals surface area contributed by atoms with E-state index >= 15 is 0 Å². The Labute approximate surface area is 132 Å². The van der Waals surface area contributed by atoms with E-state index in [-0.39, 0.29) is 11.5 Å². The van der Waals surface area contributed by atoms with Gasteiger partial charge in [0.15, 0.2) is 0 Å². The lowest BCUT2D eigenvalue weighted by atomic mass is 9.87. The molecule has 0 radical (unpaired) electrons. The largest absolute Gasteiger partial charge is 0.312 e. The van der Waals surface area contributed by atoms with Crippen molar-refractivity contribution >= 4 is 11.8 Å². The van der Waals surface area contributed by atoms with Crippen molar-refractivity contribution in [3.05, 3.63) is 53.9 Å². The molecule has 1 heterocycles. The van der Waals surface area contributed by atoms with Gasteiger partial charge in [-0.2, -0.15) is 0 Å². The van der Waals surface area contributed by atoms with Crippen molar-refractivity contribution in [3.63, 3.8) is 0 Å². The summed E-state index contributed by atoms with van der Waals surface area (Å²) in [7, 11) is 1.95. The second-order valence-electron chi connectivity index (χ2n) is 6.31. The van der Waals surface area contributed by atoms with E-state index in [1.807, 2.05) is 13.2 Å². The summed E-state index contributed by atoms with van der Waals surface area (Å²) in [6.45, 7) is 8.82. The Morgan fingerprint density at radius 3 is 2.10 bits per heavy atom. The third kappa shape index (κ3) is 4.32. The zero-order valence-electron chi connectivity index (χ0n) is 13.5. The summed E-state index contributed by atoms with van der Waals surface area (Å²) in [5.41, 5.74) is 2.64. The van der Waals surface area contributed by atoms with Crippen LogP contribution in [0.1, 0.15) is 45.0 Å². The average molecular weight is 300 g/mol. The van der Waals surface area contributed by atoms with Crippen LogP contribution in [0.3, 0.4) is 0 Å². The maximum absolute atomic E-state index is 4.52. The monoisotopic (exact) mass is 300 g/mol. The van der Waals surface area contributed by atoms with E-state index in [2.05, 4.69) is 74.4 Å². The molecule has 0 spiro atoms. The highest BCUT2D eigenvalue weighted by atomic mass is 32.2. The molecule has 0 bridgehead atoms. The van der Waals surface area contributed by atoms with Crippen molar-refractivity contribution in [3.8, 4) is 0 Å². The molecule has 112 valence electrons. The first-order valence-electron chi connectivity index (χ1n) is 7.32. The molecule has 0 aliphatic rings. The first-order chi connectivity index (χ1) is 9.90. The lowest BCUT2D eigenvalue weighted by Gasteiger charge is -2.19. The number of hydrogen-bond donors (Lipinski definition) is 1. The third-order valence-corrected chi connectivity index (χ3v) is 4.58. The van der Waals surface area contributed by atoms with Crippen molar-refractivity contribution in [1.29, 1.82) is 0 Å². The SMILES string of the molecule is CNC(C)c1ccc(Sc2ccc(C(C)(C)C)cc2)cn1. The van der Waals surface area contributed by atoms with Gasteiger partial charge in [-0.15, -0.1) is 0 Å². The smallest absolute Gasteiger partial charge is 0.0571 e. The first kappa shape index (κ1) is 16.1.